The van der Waals surface area contributed by atoms with Gasteiger partial charge in [0, 0.05) is 11.1 Å². The number of hydrogen-bond acceptors (Lipinski definition) is 6. The molecule has 1 aliphatic heterocycles. The standard InChI is InChI=1S/C22H21N5O5/c1-31-14-8-9-18(32-2)15(10-14)21(29)23-19-16-11-27(12-17(16)25-26-19)22(30)24-20(28)13-6-4-3-5-7-13/h3-10H,11-12H2,1-2H3,(H,24,28,30)(H2,23,25,26,29). The molecule has 0 spiro atoms. The molecule has 1 aliphatic rings. The van der Waals surface area contributed by atoms with Gasteiger partial charge in [-0.25, -0.2) is 4.79 Å². The van der Waals surface area contributed by atoms with Crippen molar-refractivity contribution in [2.24, 2.45) is 0 Å². The predicted octanol–water partition coefficient (Wildman–Crippen LogP) is 2.54. The lowest BCUT2D eigenvalue weighted by Crippen LogP contribution is -2.40. The summed E-state index contributed by atoms with van der Waals surface area (Å²) >= 11 is 0. The molecule has 4 amide bonds. The van der Waals surface area contributed by atoms with Crippen molar-refractivity contribution in [3.8, 4) is 11.5 Å². The van der Waals surface area contributed by atoms with Crippen LogP contribution in [0.4, 0.5) is 10.6 Å². The highest BCUT2D eigenvalue weighted by Gasteiger charge is 2.30. The lowest BCUT2D eigenvalue weighted by molar-refractivity contribution is 0.0950. The Labute approximate surface area is 183 Å². The molecule has 0 bridgehead atoms. The van der Waals surface area contributed by atoms with Gasteiger partial charge in [0.2, 0.25) is 0 Å². The van der Waals surface area contributed by atoms with Crippen molar-refractivity contribution in [1.29, 1.82) is 0 Å². The summed E-state index contributed by atoms with van der Waals surface area (Å²) in [6.45, 7) is 0.392. The molecule has 0 saturated heterocycles. The van der Waals surface area contributed by atoms with Gasteiger partial charge in [0.05, 0.1) is 38.6 Å². The number of amides is 4. The number of aromatic amines is 1. The van der Waals surface area contributed by atoms with E-state index in [2.05, 4.69) is 20.8 Å². The molecular formula is C22H21N5O5. The van der Waals surface area contributed by atoms with Gasteiger partial charge in [-0.1, -0.05) is 18.2 Å². The average Bonchev–Trinajstić information content (AvgIpc) is 3.41. The molecule has 10 nitrogen and oxygen atoms in total. The van der Waals surface area contributed by atoms with E-state index in [1.54, 1.807) is 48.5 Å². The number of anilines is 1. The second-order valence-electron chi connectivity index (χ2n) is 7.03. The number of benzene rings is 2. The number of aromatic nitrogens is 2. The van der Waals surface area contributed by atoms with Gasteiger partial charge in [0.1, 0.15) is 17.3 Å². The summed E-state index contributed by atoms with van der Waals surface area (Å²) in [6.07, 6.45) is 0. The Bertz CT molecular complexity index is 1170. The van der Waals surface area contributed by atoms with Gasteiger partial charge in [-0.2, -0.15) is 5.10 Å². The number of rotatable bonds is 5. The van der Waals surface area contributed by atoms with Gasteiger partial charge in [-0.15, -0.1) is 0 Å². The Hall–Kier alpha value is -4.34. The number of carbonyl (C=O) groups excluding carboxylic acids is 3. The normalized spacial score (nSPS) is 12.1. The Kier molecular flexibility index (Phi) is 5.75. The first kappa shape index (κ1) is 20.9. The summed E-state index contributed by atoms with van der Waals surface area (Å²) in [5, 5.41) is 12.1. The van der Waals surface area contributed by atoms with E-state index in [0.29, 0.717) is 34.1 Å². The second-order valence-corrected chi connectivity index (χ2v) is 7.03. The van der Waals surface area contributed by atoms with E-state index in [4.69, 9.17) is 9.47 Å². The quantitative estimate of drug-likeness (QED) is 0.566. The SMILES string of the molecule is COc1ccc(OC)c(C(=O)Nc2[nH]nc3c2CN(C(=O)NC(=O)c2ccccc2)C3)c1. The van der Waals surface area contributed by atoms with E-state index in [1.807, 2.05) is 0 Å². The first-order valence-corrected chi connectivity index (χ1v) is 9.75. The molecule has 1 aromatic heterocycles. The van der Waals surface area contributed by atoms with Gasteiger partial charge >= 0.3 is 6.03 Å². The zero-order valence-corrected chi connectivity index (χ0v) is 17.5. The predicted molar refractivity (Wildman–Crippen MR) is 115 cm³/mol. The minimum Gasteiger partial charge on any atom is -0.497 e. The third-order valence-electron chi connectivity index (χ3n) is 5.08. The number of carbonyl (C=O) groups is 3. The minimum atomic E-state index is -0.538. The maximum absolute atomic E-state index is 12.8. The van der Waals surface area contributed by atoms with Crippen molar-refractivity contribution >= 4 is 23.7 Å². The number of nitrogens with zero attached hydrogens (tertiary/aromatic N) is 2. The molecule has 2 aromatic carbocycles. The lowest BCUT2D eigenvalue weighted by atomic mass is 10.1. The van der Waals surface area contributed by atoms with Crippen LogP contribution < -0.4 is 20.1 Å². The van der Waals surface area contributed by atoms with Crippen molar-refractivity contribution in [2.45, 2.75) is 13.1 Å². The number of nitrogens with one attached hydrogen (secondary N) is 3. The fourth-order valence-electron chi connectivity index (χ4n) is 3.39. The van der Waals surface area contributed by atoms with Gasteiger partial charge in [-0.05, 0) is 30.3 Å². The molecule has 32 heavy (non-hydrogen) atoms. The van der Waals surface area contributed by atoms with Crippen LogP contribution in [0.25, 0.3) is 0 Å². The van der Waals surface area contributed by atoms with Crippen molar-refractivity contribution < 1.29 is 23.9 Å². The van der Waals surface area contributed by atoms with E-state index in [-0.39, 0.29) is 18.7 Å². The Balaban J connectivity index is 1.45. The first-order valence-electron chi connectivity index (χ1n) is 9.75. The molecule has 3 aromatic rings. The first-order chi connectivity index (χ1) is 15.5. The number of urea groups is 1. The highest BCUT2D eigenvalue weighted by molar-refractivity contribution is 6.07. The van der Waals surface area contributed by atoms with Gasteiger partial charge < -0.3 is 19.7 Å². The topological polar surface area (TPSA) is 126 Å². The van der Waals surface area contributed by atoms with Crippen LogP contribution in [0, 0.1) is 0 Å². The molecule has 0 radical (unpaired) electrons. The summed E-state index contributed by atoms with van der Waals surface area (Å²) in [4.78, 5) is 39.1. The van der Waals surface area contributed by atoms with Crippen LogP contribution in [0.15, 0.2) is 48.5 Å². The van der Waals surface area contributed by atoms with Crippen LogP contribution in [-0.2, 0) is 13.1 Å². The number of fused-ring (bicyclic) bond motifs is 1. The molecule has 10 heteroatoms. The van der Waals surface area contributed by atoms with Crippen molar-refractivity contribution in [3.05, 3.63) is 70.9 Å². The van der Waals surface area contributed by atoms with E-state index < -0.39 is 17.8 Å². The minimum absolute atomic E-state index is 0.185. The highest BCUT2D eigenvalue weighted by Crippen LogP contribution is 2.29. The van der Waals surface area contributed by atoms with E-state index in [9.17, 15) is 14.4 Å². The van der Waals surface area contributed by atoms with Crippen LogP contribution >= 0.6 is 0 Å². The summed E-state index contributed by atoms with van der Waals surface area (Å²) in [5.41, 5.74) is 1.96. The summed E-state index contributed by atoms with van der Waals surface area (Å²) in [7, 11) is 2.98. The summed E-state index contributed by atoms with van der Waals surface area (Å²) < 4.78 is 10.4. The molecular weight excluding hydrogens is 414 g/mol. The molecule has 164 valence electrons. The Morgan fingerprint density at radius 1 is 1.00 bits per heavy atom. The van der Waals surface area contributed by atoms with E-state index >= 15 is 0 Å². The second kappa shape index (κ2) is 8.80. The van der Waals surface area contributed by atoms with E-state index in [0.717, 1.165) is 0 Å². The highest BCUT2D eigenvalue weighted by atomic mass is 16.5. The number of hydrogen-bond donors (Lipinski definition) is 3. The van der Waals surface area contributed by atoms with Crippen molar-refractivity contribution in [1.82, 2.24) is 20.4 Å². The maximum atomic E-state index is 12.8. The van der Waals surface area contributed by atoms with Crippen LogP contribution in [0.3, 0.4) is 0 Å². The van der Waals surface area contributed by atoms with Crippen LogP contribution in [0.5, 0.6) is 11.5 Å². The van der Waals surface area contributed by atoms with Crippen molar-refractivity contribution in [3.63, 3.8) is 0 Å². The smallest absolute Gasteiger partial charge is 0.324 e. The number of methoxy groups -OCH3 is 2. The summed E-state index contributed by atoms with van der Waals surface area (Å²) in [6, 6.07) is 12.8. The number of ether oxygens (including phenoxy) is 2. The van der Waals surface area contributed by atoms with Gasteiger partial charge in [0.15, 0.2) is 0 Å². The fraction of sp³-hybridized carbons (Fsp3) is 0.182. The summed E-state index contributed by atoms with van der Waals surface area (Å²) in [5.74, 6) is 0.367. The van der Waals surface area contributed by atoms with E-state index in [1.165, 1.54) is 19.1 Å². The number of H-pyrrole nitrogens is 1. The molecule has 2 heterocycles. The number of imide groups is 1. The molecule has 0 unspecified atom stereocenters. The van der Waals surface area contributed by atoms with Gasteiger partial charge in [-0.3, -0.25) is 20.0 Å². The Morgan fingerprint density at radius 3 is 2.50 bits per heavy atom. The average molecular weight is 435 g/mol. The molecule has 4 rings (SSSR count). The molecule has 0 atom stereocenters. The molecule has 0 aliphatic carbocycles. The third kappa shape index (κ3) is 4.10. The fourth-order valence-corrected chi connectivity index (χ4v) is 3.39. The van der Waals surface area contributed by atoms with Crippen LogP contribution in [0.1, 0.15) is 32.0 Å². The molecule has 0 saturated carbocycles. The van der Waals surface area contributed by atoms with Crippen molar-refractivity contribution in [2.75, 3.05) is 19.5 Å². The maximum Gasteiger partial charge on any atom is 0.324 e. The monoisotopic (exact) mass is 435 g/mol. The lowest BCUT2D eigenvalue weighted by Gasteiger charge is -2.16. The molecule has 3 N–H and O–H groups in total. The zero-order chi connectivity index (χ0) is 22.7. The third-order valence-corrected chi connectivity index (χ3v) is 5.08. The van der Waals surface area contributed by atoms with Gasteiger partial charge in [0.25, 0.3) is 11.8 Å². The zero-order valence-electron chi connectivity index (χ0n) is 17.5. The van der Waals surface area contributed by atoms with Crippen LogP contribution in [-0.4, -0.2) is 47.2 Å². The van der Waals surface area contributed by atoms with Crippen LogP contribution in [0.2, 0.25) is 0 Å². The molecule has 0 fully saturated rings. The Morgan fingerprint density at radius 2 is 1.78 bits per heavy atom. The largest absolute Gasteiger partial charge is 0.497 e.